The van der Waals surface area contributed by atoms with Crippen LogP contribution in [0.5, 0.6) is 5.75 Å². The van der Waals surface area contributed by atoms with Gasteiger partial charge >= 0.3 is 17.9 Å². The van der Waals surface area contributed by atoms with Crippen LogP contribution < -0.4 is 9.64 Å². The van der Waals surface area contributed by atoms with E-state index in [4.69, 9.17) is 25.4 Å². The number of methoxy groups -OCH3 is 3. The molecule has 3 N–H and O–H groups in total. The molecule has 0 amide bonds. The number of aromatic nitrogens is 1. The number of anilines is 1. The first kappa shape index (κ1) is 41.3. The van der Waals surface area contributed by atoms with Crippen molar-refractivity contribution in [3.8, 4) is 18.1 Å². The predicted octanol–water partition coefficient (Wildman–Crippen LogP) is 4.32. The molecule has 6 heterocycles. The van der Waals surface area contributed by atoms with Crippen LogP contribution in [0, 0.1) is 23.7 Å². The van der Waals surface area contributed by atoms with E-state index < -0.39 is 57.5 Å². The van der Waals surface area contributed by atoms with Gasteiger partial charge in [0, 0.05) is 96.5 Å². The molecule has 1 aromatic heterocycles. The lowest BCUT2D eigenvalue weighted by Gasteiger charge is -2.64. The number of fused-ring (bicyclic) bond motifs is 6. The van der Waals surface area contributed by atoms with Crippen LogP contribution in [0.25, 0.3) is 10.9 Å². The molecule has 6 aliphatic rings. The first-order chi connectivity index (χ1) is 29.2. The van der Waals surface area contributed by atoms with Gasteiger partial charge < -0.3 is 43.9 Å². The van der Waals surface area contributed by atoms with Crippen molar-refractivity contribution in [2.45, 2.75) is 106 Å². The summed E-state index contributed by atoms with van der Waals surface area (Å²) in [4.78, 5) is 53.2. The van der Waals surface area contributed by atoms with E-state index in [9.17, 15) is 19.8 Å². The Morgan fingerprint density at radius 3 is 2.43 bits per heavy atom. The number of carbonyl (C=O) groups is 3. The van der Waals surface area contributed by atoms with Crippen molar-refractivity contribution >= 4 is 34.5 Å². The summed E-state index contributed by atoms with van der Waals surface area (Å²) in [5, 5.41) is 26.3. The van der Waals surface area contributed by atoms with Crippen molar-refractivity contribution in [2.24, 2.45) is 11.3 Å². The molecule has 2 bridgehead atoms. The van der Waals surface area contributed by atoms with Crippen LogP contribution in [-0.2, 0) is 45.8 Å². The number of nitrogens with zero attached hydrogens (tertiary/aromatic N) is 3. The Morgan fingerprint density at radius 1 is 0.984 bits per heavy atom. The SMILES string of the molecule is C#Cc1ccc2[nH]c3c(c2c1)CCN1C[C@H](C[C@@](O)(CC)C1)C[C@]3(C(=O)OC)c1cc2c(cc1OC)N(C)[C@H]1[C@@](O)(C(=O)OC)[C@H](OC(C)=O)[C@]3(CC)CC=CN4CC[C@]21[C@@H]43. The van der Waals surface area contributed by atoms with Crippen LogP contribution in [0.4, 0.5) is 5.69 Å². The summed E-state index contributed by atoms with van der Waals surface area (Å²) in [5.41, 5.74) is -1.24. The molecule has 324 valence electrons. The number of hydrogen-bond donors (Lipinski definition) is 3. The standard InChI is InChI=1S/C48H58N4O9/c1-9-29-13-14-35-32(21-29)31-15-19-51-26-30(24-44(56,10-2)27-51)25-47(38(31)49-35,42(54)59-7)34-22-33-36(23-37(34)58-6)50(5)40-46(33)17-20-52-18-12-16-45(11-3,39(46)52)41(61-28(4)53)48(40,57)43(55)60-8/h1,12-14,18,21-23,30,39-41,49,56-57H,10-11,15-17,19-20,24-27H2,2-8H3/t30-,39+,40-,41-,44+,45-,46-,47+,48+/m1/s1. The van der Waals surface area contributed by atoms with Crippen LogP contribution in [0.15, 0.2) is 42.6 Å². The van der Waals surface area contributed by atoms with Gasteiger partial charge in [-0.25, -0.2) is 4.79 Å². The highest BCUT2D eigenvalue weighted by atomic mass is 16.6. The van der Waals surface area contributed by atoms with Gasteiger partial charge in [-0.15, -0.1) is 6.42 Å². The number of likely N-dealkylation sites (N-methyl/N-ethyl adjacent to an activating group) is 1. The van der Waals surface area contributed by atoms with E-state index in [1.54, 1.807) is 7.11 Å². The predicted molar refractivity (Wildman–Crippen MR) is 228 cm³/mol. The Bertz CT molecular complexity index is 2400. The quantitative estimate of drug-likeness (QED) is 0.177. The number of esters is 3. The summed E-state index contributed by atoms with van der Waals surface area (Å²) in [6.45, 7) is 7.81. The highest BCUT2D eigenvalue weighted by Crippen LogP contribution is 2.69. The van der Waals surface area contributed by atoms with Crippen LogP contribution in [0.1, 0.15) is 87.2 Å². The molecule has 13 heteroatoms. The second-order valence-electron chi connectivity index (χ2n) is 18.6. The van der Waals surface area contributed by atoms with E-state index in [0.717, 1.165) is 33.3 Å². The summed E-state index contributed by atoms with van der Waals surface area (Å²) in [6.07, 6.45) is 12.2. The number of terminal acetylenes is 1. The van der Waals surface area contributed by atoms with Crippen LogP contribution >= 0.6 is 0 Å². The Hall–Kier alpha value is -5.03. The zero-order valence-electron chi connectivity index (χ0n) is 36.3. The van der Waals surface area contributed by atoms with Crippen molar-refractivity contribution in [3.63, 3.8) is 0 Å². The van der Waals surface area contributed by atoms with Gasteiger partial charge in [-0.2, -0.15) is 0 Å². The molecule has 9 rings (SSSR count). The number of aliphatic hydroxyl groups is 2. The van der Waals surface area contributed by atoms with Crippen molar-refractivity contribution in [1.29, 1.82) is 0 Å². The molecule has 61 heavy (non-hydrogen) atoms. The molecule has 1 aliphatic carbocycles. The van der Waals surface area contributed by atoms with E-state index in [1.165, 1.54) is 21.1 Å². The molecule has 5 aliphatic heterocycles. The van der Waals surface area contributed by atoms with Crippen molar-refractivity contribution < 1.29 is 43.5 Å². The Kier molecular flexibility index (Phi) is 9.66. The first-order valence-corrected chi connectivity index (χ1v) is 21.7. The second-order valence-corrected chi connectivity index (χ2v) is 18.6. The van der Waals surface area contributed by atoms with E-state index >= 15 is 4.79 Å². The maximum atomic E-state index is 15.4. The van der Waals surface area contributed by atoms with Crippen LogP contribution in [0.3, 0.4) is 0 Å². The number of ether oxygens (including phenoxy) is 4. The number of H-pyrrole nitrogens is 1. The zero-order valence-corrected chi connectivity index (χ0v) is 36.3. The van der Waals surface area contributed by atoms with Gasteiger partial charge in [0.2, 0.25) is 5.60 Å². The number of allylic oxidation sites excluding steroid dienone is 1. The molecular formula is C48H58N4O9. The van der Waals surface area contributed by atoms with Gasteiger partial charge in [-0.05, 0) is 92.5 Å². The summed E-state index contributed by atoms with van der Waals surface area (Å²) < 4.78 is 24.0. The summed E-state index contributed by atoms with van der Waals surface area (Å²) >= 11 is 0. The van der Waals surface area contributed by atoms with Crippen molar-refractivity contribution in [3.05, 3.63) is 70.6 Å². The Labute approximate surface area is 357 Å². The lowest BCUT2D eigenvalue weighted by Crippen LogP contribution is -2.81. The summed E-state index contributed by atoms with van der Waals surface area (Å²) in [6, 6.07) is 8.59. The number of benzene rings is 2. The van der Waals surface area contributed by atoms with Crippen LogP contribution in [-0.4, -0.2) is 127 Å². The van der Waals surface area contributed by atoms with Crippen molar-refractivity contribution in [2.75, 3.05) is 59.5 Å². The minimum atomic E-state index is -2.30. The lowest BCUT2D eigenvalue weighted by atomic mass is 9.47. The summed E-state index contributed by atoms with van der Waals surface area (Å²) in [7, 11) is 6.11. The topological polar surface area (TPSA) is 154 Å². The molecule has 3 fully saturated rings. The minimum absolute atomic E-state index is 0.134. The molecule has 13 nitrogen and oxygen atoms in total. The van der Waals surface area contributed by atoms with E-state index in [-0.39, 0.29) is 12.0 Å². The maximum absolute atomic E-state index is 15.4. The third-order valence-electron chi connectivity index (χ3n) is 15.9. The number of piperidine rings is 1. The zero-order chi connectivity index (χ0) is 43.4. The number of rotatable bonds is 7. The largest absolute Gasteiger partial charge is 0.496 e. The number of nitrogens with one attached hydrogen (secondary N) is 1. The molecule has 10 atom stereocenters. The smallest absolute Gasteiger partial charge is 0.344 e. The molecule has 2 aromatic carbocycles. The van der Waals surface area contributed by atoms with E-state index in [1.807, 2.05) is 56.1 Å². The first-order valence-electron chi connectivity index (χ1n) is 21.7. The highest BCUT2D eigenvalue weighted by molar-refractivity contribution is 5.95. The Balaban J connectivity index is 1.37. The maximum Gasteiger partial charge on any atom is 0.344 e. The van der Waals surface area contributed by atoms with E-state index in [0.29, 0.717) is 88.1 Å². The molecule has 1 unspecified atom stereocenters. The molecule has 2 saturated heterocycles. The summed E-state index contributed by atoms with van der Waals surface area (Å²) in [5.74, 6) is 1.12. The molecule has 3 aromatic rings. The fourth-order valence-corrected chi connectivity index (χ4v) is 13.7. The minimum Gasteiger partial charge on any atom is -0.496 e. The Morgan fingerprint density at radius 2 is 1.75 bits per heavy atom. The van der Waals surface area contributed by atoms with Gasteiger partial charge in [0.1, 0.15) is 11.2 Å². The van der Waals surface area contributed by atoms with Gasteiger partial charge in [0.25, 0.3) is 0 Å². The molecule has 1 saturated carbocycles. The van der Waals surface area contributed by atoms with Gasteiger partial charge in [-0.3, -0.25) is 14.5 Å². The van der Waals surface area contributed by atoms with Gasteiger partial charge in [0.05, 0.1) is 33.0 Å². The highest BCUT2D eigenvalue weighted by Gasteiger charge is 2.80. The number of hydrogen-bond acceptors (Lipinski definition) is 12. The molecular weight excluding hydrogens is 777 g/mol. The van der Waals surface area contributed by atoms with Gasteiger partial charge in [0.15, 0.2) is 6.10 Å². The van der Waals surface area contributed by atoms with Crippen LogP contribution in [0.2, 0.25) is 0 Å². The monoisotopic (exact) mass is 834 g/mol. The van der Waals surface area contributed by atoms with E-state index in [2.05, 4.69) is 33.0 Å². The normalized spacial score (nSPS) is 35.7. The fourth-order valence-electron chi connectivity index (χ4n) is 13.7. The van der Waals surface area contributed by atoms with Crippen molar-refractivity contribution in [1.82, 2.24) is 14.8 Å². The molecule has 0 radical (unpaired) electrons. The third kappa shape index (κ3) is 5.40. The second kappa shape index (κ2) is 14.3. The fraction of sp³-hybridized carbons (Fsp3) is 0.562. The third-order valence-corrected chi connectivity index (χ3v) is 15.9. The lowest BCUT2D eigenvalue weighted by molar-refractivity contribution is -0.235. The molecule has 1 spiro atoms. The average Bonchev–Trinajstić information content (AvgIpc) is 3.92. The average molecular weight is 835 g/mol. The number of carbonyl (C=O) groups excluding carboxylic acids is 3. The van der Waals surface area contributed by atoms with Gasteiger partial charge in [-0.1, -0.05) is 25.8 Å². The number of aromatic amines is 1.